The van der Waals surface area contributed by atoms with Crippen LogP contribution in [0.1, 0.15) is 6.92 Å². The van der Waals surface area contributed by atoms with Gasteiger partial charge < -0.3 is 10.2 Å². The summed E-state index contributed by atoms with van der Waals surface area (Å²) in [5.74, 6) is 0. The Labute approximate surface area is 68.0 Å². The molecule has 0 aromatic carbocycles. The zero-order chi connectivity index (χ0) is 8.69. The molecule has 0 saturated heterocycles. The molecule has 4 nitrogen and oxygen atoms in total. The van der Waals surface area contributed by atoms with Gasteiger partial charge in [-0.1, -0.05) is 6.92 Å². The van der Waals surface area contributed by atoms with Gasteiger partial charge in [0.15, 0.2) is 0 Å². The maximum Gasteiger partial charge on any atom is 0.0572 e. The van der Waals surface area contributed by atoms with Gasteiger partial charge in [-0.15, -0.1) is 0 Å². The summed E-state index contributed by atoms with van der Waals surface area (Å²) in [7, 11) is 1.90. The molecule has 0 bridgehead atoms. The highest BCUT2D eigenvalue weighted by atomic mass is 16.3. The summed E-state index contributed by atoms with van der Waals surface area (Å²) in [5.41, 5.74) is 0. The Morgan fingerprint density at radius 3 is 2.00 bits per heavy atom. The molecular formula is C7H18N2O2. The molecule has 0 radical (unpaired) electrons. The van der Waals surface area contributed by atoms with Crippen molar-refractivity contribution in [3.63, 3.8) is 0 Å². The molecule has 0 atom stereocenters. The van der Waals surface area contributed by atoms with E-state index in [4.69, 9.17) is 10.2 Å². The van der Waals surface area contributed by atoms with Crippen molar-refractivity contribution in [2.45, 2.75) is 6.92 Å². The lowest BCUT2D eigenvalue weighted by Crippen LogP contribution is -2.42. The van der Waals surface area contributed by atoms with Gasteiger partial charge in [0.2, 0.25) is 0 Å². The van der Waals surface area contributed by atoms with Gasteiger partial charge in [-0.2, -0.15) is 0 Å². The number of likely N-dealkylation sites (N-methyl/N-ethyl adjacent to an activating group) is 2. The highest BCUT2D eigenvalue weighted by Crippen LogP contribution is 1.91. The van der Waals surface area contributed by atoms with Crippen LogP contribution >= 0.6 is 0 Å². The summed E-state index contributed by atoms with van der Waals surface area (Å²) in [4.78, 5) is 0. The second-order valence-corrected chi connectivity index (χ2v) is 2.37. The predicted octanol–water partition coefficient (Wildman–Crippen LogP) is -0.860. The number of nitrogens with zero attached hydrogens (tertiary/aromatic N) is 2. The third-order valence-electron chi connectivity index (χ3n) is 1.63. The minimum atomic E-state index is 0.151. The average Bonchev–Trinajstić information content (AvgIpc) is 2.00. The SMILES string of the molecule is CCN(CCO)N(C)CCO. The standard InChI is InChI=1S/C7H18N2O2/c1-3-9(5-7-11)8(2)4-6-10/h10-11H,3-7H2,1-2H3. The molecule has 0 aliphatic heterocycles. The Bertz CT molecular complexity index is 90.5. The van der Waals surface area contributed by atoms with Crippen LogP contribution in [0.3, 0.4) is 0 Å². The van der Waals surface area contributed by atoms with Crippen molar-refractivity contribution in [3.05, 3.63) is 0 Å². The zero-order valence-corrected chi connectivity index (χ0v) is 7.32. The van der Waals surface area contributed by atoms with E-state index < -0.39 is 0 Å². The summed E-state index contributed by atoms with van der Waals surface area (Å²) < 4.78 is 0. The van der Waals surface area contributed by atoms with Crippen LogP contribution in [0.25, 0.3) is 0 Å². The number of rotatable bonds is 6. The first-order chi connectivity index (χ1) is 5.26. The van der Waals surface area contributed by atoms with Crippen molar-refractivity contribution >= 4 is 0 Å². The Balaban J connectivity index is 3.61. The quantitative estimate of drug-likeness (QED) is 0.499. The molecule has 2 N–H and O–H groups in total. The maximum atomic E-state index is 8.65. The molecule has 0 heterocycles. The van der Waals surface area contributed by atoms with Crippen LogP contribution in [-0.4, -0.2) is 60.1 Å². The molecular weight excluding hydrogens is 144 g/mol. The van der Waals surface area contributed by atoms with Crippen LogP contribution in [0.15, 0.2) is 0 Å². The van der Waals surface area contributed by atoms with Crippen LogP contribution in [0, 0.1) is 0 Å². The van der Waals surface area contributed by atoms with Gasteiger partial charge in [0.05, 0.1) is 13.2 Å². The van der Waals surface area contributed by atoms with E-state index in [1.165, 1.54) is 0 Å². The Morgan fingerprint density at radius 1 is 1.09 bits per heavy atom. The molecule has 0 unspecified atom stereocenters. The fourth-order valence-electron chi connectivity index (χ4n) is 0.972. The second-order valence-electron chi connectivity index (χ2n) is 2.37. The van der Waals surface area contributed by atoms with Crippen molar-refractivity contribution in [3.8, 4) is 0 Å². The Hall–Kier alpha value is -0.160. The van der Waals surface area contributed by atoms with Gasteiger partial charge in [0, 0.05) is 26.7 Å². The normalized spacial score (nSPS) is 11.5. The first kappa shape index (κ1) is 10.8. The molecule has 0 aliphatic carbocycles. The van der Waals surface area contributed by atoms with E-state index in [1.54, 1.807) is 0 Å². The lowest BCUT2D eigenvalue weighted by Gasteiger charge is -2.29. The summed E-state index contributed by atoms with van der Waals surface area (Å²) in [6.07, 6.45) is 0. The molecule has 0 fully saturated rings. The van der Waals surface area contributed by atoms with Crippen LogP contribution in [0.5, 0.6) is 0 Å². The van der Waals surface area contributed by atoms with Gasteiger partial charge in [0.25, 0.3) is 0 Å². The Kier molecular flexibility index (Phi) is 6.45. The lowest BCUT2D eigenvalue weighted by molar-refractivity contribution is -0.0181. The largest absolute Gasteiger partial charge is 0.395 e. The first-order valence-corrected chi connectivity index (χ1v) is 3.94. The van der Waals surface area contributed by atoms with Crippen LogP contribution in [0.4, 0.5) is 0 Å². The number of hydrazine groups is 1. The smallest absolute Gasteiger partial charge is 0.0572 e. The van der Waals surface area contributed by atoms with Crippen molar-refractivity contribution in [1.29, 1.82) is 0 Å². The van der Waals surface area contributed by atoms with E-state index in [9.17, 15) is 0 Å². The molecule has 0 aromatic heterocycles. The minimum Gasteiger partial charge on any atom is -0.395 e. The van der Waals surface area contributed by atoms with Crippen molar-refractivity contribution < 1.29 is 10.2 Å². The lowest BCUT2D eigenvalue weighted by atomic mass is 10.5. The highest BCUT2D eigenvalue weighted by molar-refractivity contribution is 4.50. The molecule has 0 rings (SSSR count). The fourth-order valence-corrected chi connectivity index (χ4v) is 0.972. The van der Waals surface area contributed by atoms with E-state index >= 15 is 0 Å². The zero-order valence-electron chi connectivity index (χ0n) is 7.32. The third-order valence-corrected chi connectivity index (χ3v) is 1.63. The highest BCUT2D eigenvalue weighted by Gasteiger charge is 2.06. The van der Waals surface area contributed by atoms with E-state index in [-0.39, 0.29) is 13.2 Å². The summed E-state index contributed by atoms with van der Waals surface area (Å²) in [5, 5.41) is 21.2. The summed E-state index contributed by atoms with van der Waals surface area (Å²) >= 11 is 0. The second kappa shape index (κ2) is 6.54. The maximum absolute atomic E-state index is 8.65. The van der Waals surface area contributed by atoms with Crippen molar-refractivity contribution in [2.24, 2.45) is 0 Å². The van der Waals surface area contributed by atoms with Gasteiger partial charge in [0.1, 0.15) is 0 Å². The third kappa shape index (κ3) is 4.31. The van der Waals surface area contributed by atoms with Gasteiger partial charge in [-0.25, -0.2) is 10.0 Å². The van der Waals surface area contributed by atoms with Crippen molar-refractivity contribution in [2.75, 3.05) is 39.9 Å². The van der Waals surface area contributed by atoms with E-state index in [1.807, 2.05) is 24.0 Å². The number of hydrogen-bond donors (Lipinski definition) is 2. The fraction of sp³-hybridized carbons (Fsp3) is 1.00. The van der Waals surface area contributed by atoms with E-state index in [2.05, 4.69) is 0 Å². The average molecular weight is 162 g/mol. The molecule has 68 valence electrons. The number of hydrogen-bond acceptors (Lipinski definition) is 4. The van der Waals surface area contributed by atoms with Crippen molar-refractivity contribution in [1.82, 2.24) is 10.0 Å². The van der Waals surface area contributed by atoms with E-state index in [0.717, 1.165) is 6.54 Å². The van der Waals surface area contributed by atoms with Crippen LogP contribution in [-0.2, 0) is 0 Å². The van der Waals surface area contributed by atoms with Crippen LogP contribution in [0.2, 0.25) is 0 Å². The topological polar surface area (TPSA) is 46.9 Å². The molecule has 4 heteroatoms. The van der Waals surface area contributed by atoms with Crippen LogP contribution < -0.4 is 0 Å². The first-order valence-electron chi connectivity index (χ1n) is 3.94. The van der Waals surface area contributed by atoms with Gasteiger partial charge in [-0.05, 0) is 0 Å². The molecule has 0 amide bonds. The molecule has 0 spiro atoms. The molecule has 0 aliphatic rings. The predicted molar refractivity (Wildman–Crippen MR) is 44.0 cm³/mol. The molecule has 11 heavy (non-hydrogen) atoms. The number of aliphatic hydroxyl groups excluding tert-OH is 2. The van der Waals surface area contributed by atoms with Gasteiger partial charge >= 0.3 is 0 Å². The monoisotopic (exact) mass is 162 g/mol. The minimum absolute atomic E-state index is 0.151. The van der Waals surface area contributed by atoms with E-state index in [0.29, 0.717) is 13.1 Å². The summed E-state index contributed by atoms with van der Waals surface area (Å²) in [6.45, 7) is 4.43. The Morgan fingerprint density at radius 2 is 1.64 bits per heavy atom. The molecule has 0 saturated carbocycles. The molecule has 0 aromatic rings. The van der Waals surface area contributed by atoms with Gasteiger partial charge in [-0.3, -0.25) is 0 Å². The number of aliphatic hydroxyl groups is 2. The summed E-state index contributed by atoms with van der Waals surface area (Å²) in [6, 6.07) is 0.